The highest BCUT2D eigenvalue weighted by Gasteiger charge is 2.27. The lowest BCUT2D eigenvalue weighted by Crippen LogP contribution is -2.35. The molecule has 0 saturated carbocycles. The second kappa shape index (κ2) is 7.34. The fourth-order valence-electron chi connectivity index (χ4n) is 1.60. The molecule has 106 valence electrons. The monoisotopic (exact) mass is 262 g/mol. The lowest BCUT2D eigenvalue weighted by Gasteiger charge is -2.31. The van der Waals surface area contributed by atoms with Gasteiger partial charge in [-0.15, -0.1) is 0 Å². The maximum atomic E-state index is 5.97. The third-order valence-corrected chi connectivity index (χ3v) is 2.83. The number of ether oxygens (including phenoxy) is 2. The number of hydrogen-bond donors (Lipinski definition) is 0. The van der Waals surface area contributed by atoms with Gasteiger partial charge in [-0.1, -0.05) is 58.9 Å². The summed E-state index contributed by atoms with van der Waals surface area (Å²) in [5.74, 6) is 0.835. The Kier molecular flexibility index (Phi) is 6.10. The molecule has 0 saturated heterocycles. The molecule has 1 aromatic rings. The molecule has 0 amide bonds. The van der Waals surface area contributed by atoms with E-state index in [0.29, 0.717) is 0 Å². The molecule has 0 bridgehead atoms. The molecule has 0 aromatic heterocycles. The van der Waals surface area contributed by atoms with E-state index in [1.54, 1.807) is 0 Å². The van der Waals surface area contributed by atoms with Gasteiger partial charge in [-0.3, -0.25) is 0 Å². The summed E-state index contributed by atoms with van der Waals surface area (Å²) in [7, 11) is 0. The van der Waals surface area contributed by atoms with Crippen LogP contribution >= 0.6 is 0 Å². The third-order valence-electron chi connectivity index (χ3n) is 2.83. The molecule has 0 aliphatic carbocycles. The van der Waals surface area contributed by atoms with E-state index >= 15 is 0 Å². The third kappa shape index (κ3) is 5.48. The highest BCUT2D eigenvalue weighted by molar-refractivity contribution is 5.48. The summed E-state index contributed by atoms with van der Waals surface area (Å²) in [4.78, 5) is 0. The number of hydrogen-bond acceptors (Lipinski definition) is 2. The van der Waals surface area contributed by atoms with Crippen molar-refractivity contribution in [2.75, 3.05) is 6.61 Å². The first-order valence-corrected chi connectivity index (χ1v) is 6.98. The maximum Gasteiger partial charge on any atom is 0.204 e. The molecule has 2 nitrogen and oxygen atoms in total. The van der Waals surface area contributed by atoms with Gasteiger partial charge < -0.3 is 9.47 Å². The van der Waals surface area contributed by atoms with Crippen LogP contribution in [0, 0.1) is 5.41 Å². The summed E-state index contributed by atoms with van der Waals surface area (Å²) in [6.07, 6.45) is 3.78. The van der Waals surface area contributed by atoms with Gasteiger partial charge in [0.1, 0.15) is 5.75 Å². The SMILES string of the molecule is C=Cc1ccc(OC(OCCCC)C(C)(C)C)cc1. The largest absolute Gasteiger partial charge is 0.464 e. The Labute approximate surface area is 117 Å². The summed E-state index contributed by atoms with van der Waals surface area (Å²) in [6.45, 7) is 13.0. The first-order chi connectivity index (χ1) is 8.97. The van der Waals surface area contributed by atoms with Gasteiger partial charge in [0, 0.05) is 5.41 Å². The van der Waals surface area contributed by atoms with Gasteiger partial charge in [-0.25, -0.2) is 0 Å². The smallest absolute Gasteiger partial charge is 0.204 e. The Morgan fingerprint density at radius 2 is 1.84 bits per heavy atom. The van der Waals surface area contributed by atoms with Gasteiger partial charge in [0.25, 0.3) is 0 Å². The molecular weight excluding hydrogens is 236 g/mol. The van der Waals surface area contributed by atoms with Crippen LogP contribution in [0.1, 0.15) is 46.1 Å². The van der Waals surface area contributed by atoms with E-state index in [1.807, 2.05) is 30.3 Å². The minimum atomic E-state index is -0.228. The van der Waals surface area contributed by atoms with E-state index < -0.39 is 0 Å². The van der Waals surface area contributed by atoms with Crippen LogP contribution in [0.2, 0.25) is 0 Å². The molecule has 1 aromatic carbocycles. The molecule has 0 aliphatic rings. The van der Waals surface area contributed by atoms with Crippen LogP contribution in [0.4, 0.5) is 0 Å². The first-order valence-electron chi connectivity index (χ1n) is 6.98. The number of unbranched alkanes of at least 4 members (excludes halogenated alkanes) is 1. The lowest BCUT2D eigenvalue weighted by molar-refractivity contribution is -0.141. The molecule has 1 atom stereocenters. The lowest BCUT2D eigenvalue weighted by atomic mass is 9.96. The molecule has 0 heterocycles. The summed E-state index contributed by atoms with van der Waals surface area (Å²) in [5.41, 5.74) is 1.04. The van der Waals surface area contributed by atoms with Crippen molar-refractivity contribution in [3.8, 4) is 5.75 Å². The summed E-state index contributed by atoms with van der Waals surface area (Å²) < 4.78 is 11.8. The van der Waals surface area contributed by atoms with Crippen LogP contribution in [0.3, 0.4) is 0 Å². The van der Waals surface area contributed by atoms with Gasteiger partial charge in [0.15, 0.2) is 0 Å². The Bertz CT molecular complexity index is 373. The molecule has 0 spiro atoms. The highest BCUT2D eigenvalue weighted by Crippen LogP contribution is 2.26. The summed E-state index contributed by atoms with van der Waals surface area (Å²) in [6, 6.07) is 7.90. The van der Waals surface area contributed by atoms with E-state index in [-0.39, 0.29) is 11.7 Å². The van der Waals surface area contributed by atoms with Crippen molar-refractivity contribution in [1.82, 2.24) is 0 Å². The van der Waals surface area contributed by atoms with Crippen LogP contribution < -0.4 is 4.74 Å². The molecule has 19 heavy (non-hydrogen) atoms. The Morgan fingerprint density at radius 3 is 2.32 bits per heavy atom. The normalized spacial score (nSPS) is 13.1. The minimum absolute atomic E-state index is 0.0507. The van der Waals surface area contributed by atoms with Gasteiger partial charge in [-0.05, 0) is 24.1 Å². The average Bonchev–Trinajstić information content (AvgIpc) is 2.37. The Balaban J connectivity index is 2.67. The van der Waals surface area contributed by atoms with Crippen LogP contribution in [0.5, 0.6) is 5.75 Å². The van der Waals surface area contributed by atoms with E-state index in [0.717, 1.165) is 30.8 Å². The van der Waals surface area contributed by atoms with Crippen molar-refractivity contribution in [3.63, 3.8) is 0 Å². The average molecular weight is 262 g/mol. The quantitative estimate of drug-likeness (QED) is 0.514. The zero-order valence-corrected chi connectivity index (χ0v) is 12.6. The molecule has 0 aliphatic heterocycles. The summed E-state index contributed by atoms with van der Waals surface area (Å²) >= 11 is 0. The fraction of sp³-hybridized carbons (Fsp3) is 0.529. The van der Waals surface area contributed by atoms with Gasteiger partial charge in [0.2, 0.25) is 6.29 Å². The van der Waals surface area contributed by atoms with Crippen molar-refractivity contribution in [2.45, 2.75) is 46.8 Å². The van der Waals surface area contributed by atoms with Crippen molar-refractivity contribution in [2.24, 2.45) is 5.41 Å². The van der Waals surface area contributed by atoms with E-state index in [2.05, 4.69) is 34.3 Å². The topological polar surface area (TPSA) is 18.5 Å². The predicted molar refractivity (Wildman–Crippen MR) is 81.3 cm³/mol. The molecule has 1 unspecified atom stereocenters. The predicted octanol–water partition coefficient (Wildman–Crippen LogP) is 4.90. The van der Waals surface area contributed by atoms with Gasteiger partial charge in [0.05, 0.1) is 6.61 Å². The Morgan fingerprint density at radius 1 is 1.21 bits per heavy atom. The first kappa shape index (κ1) is 15.8. The van der Waals surface area contributed by atoms with E-state index in [9.17, 15) is 0 Å². The molecule has 2 heteroatoms. The van der Waals surface area contributed by atoms with Crippen LogP contribution in [0.25, 0.3) is 6.08 Å². The fourth-order valence-corrected chi connectivity index (χ4v) is 1.60. The van der Waals surface area contributed by atoms with Crippen molar-refractivity contribution >= 4 is 6.08 Å². The maximum absolute atomic E-state index is 5.97. The minimum Gasteiger partial charge on any atom is -0.464 e. The summed E-state index contributed by atoms with van der Waals surface area (Å²) in [5, 5.41) is 0. The second-order valence-electron chi connectivity index (χ2n) is 5.81. The molecule has 0 fully saturated rings. The zero-order valence-electron chi connectivity index (χ0n) is 12.6. The van der Waals surface area contributed by atoms with Crippen LogP contribution in [-0.4, -0.2) is 12.9 Å². The second-order valence-corrected chi connectivity index (χ2v) is 5.81. The standard InChI is InChI=1S/C17H26O2/c1-6-8-13-18-16(17(3,4)5)19-15-11-9-14(7-2)10-12-15/h7,9-12,16H,2,6,8,13H2,1,3-5H3. The van der Waals surface area contributed by atoms with Crippen molar-refractivity contribution in [3.05, 3.63) is 36.4 Å². The molecule has 0 N–H and O–H groups in total. The van der Waals surface area contributed by atoms with E-state index in [4.69, 9.17) is 9.47 Å². The van der Waals surface area contributed by atoms with Gasteiger partial charge in [-0.2, -0.15) is 0 Å². The van der Waals surface area contributed by atoms with E-state index in [1.165, 1.54) is 0 Å². The van der Waals surface area contributed by atoms with Crippen LogP contribution in [-0.2, 0) is 4.74 Å². The number of benzene rings is 1. The van der Waals surface area contributed by atoms with Gasteiger partial charge >= 0.3 is 0 Å². The highest BCUT2D eigenvalue weighted by atomic mass is 16.7. The van der Waals surface area contributed by atoms with Crippen molar-refractivity contribution < 1.29 is 9.47 Å². The number of rotatable bonds is 7. The molecule has 1 rings (SSSR count). The zero-order chi connectivity index (χ0) is 14.3. The molecular formula is C17H26O2. The molecule has 0 radical (unpaired) electrons. The Hall–Kier alpha value is -1.28. The van der Waals surface area contributed by atoms with Crippen molar-refractivity contribution in [1.29, 1.82) is 0 Å². The van der Waals surface area contributed by atoms with Crippen LogP contribution in [0.15, 0.2) is 30.8 Å².